The van der Waals surface area contributed by atoms with Crippen LogP contribution < -0.4 is 0 Å². The van der Waals surface area contributed by atoms with E-state index in [1.54, 1.807) is 0 Å². The summed E-state index contributed by atoms with van der Waals surface area (Å²) in [5.74, 6) is 1.91. The molecule has 0 amide bonds. The van der Waals surface area contributed by atoms with Crippen LogP contribution in [-0.4, -0.2) is 15.0 Å². The van der Waals surface area contributed by atoms with Gasteiger partial charge in [0.2, 0.25) is 0 Å². The van der Waals surface area contributed by atoms with Crippen molar-refractivity contribution in [2.24, 2.45) is 0 Å². The van der Waals surface area contributed by atoms with Crippen molar-refractivity contribution < 1.29 is 0 Å². The molecule has 10 rings (SSSR count). The van der Waals surface area contributed by atoms with Crippen LogP contribution in [0.25, 0.3) is 56.4 Å². The van der Waals surface area contributed by atoms with Crippen LogP contribution in [0.4, 0.5) is 0 Å². The molecule has 4 heteroatoms. The van der Waals surface area contributed by atoms with Gasteiger partial charge in [-0.3, -0.25) is 0 Å². The molecule has 0 unspecified atom stereocenters. The molecule has 56 heavy (non-hydrogen) atoms. The predicted molar refractivity (Wildman–Crippen MR) is 229 cm³/mol. The first-order chi connectivity index (χ1) is 27.7. The van der Waals surface area contributed by atoms with E-state index in [4.69, 9.17) is 15.0 Å². The second-order valence-corrected chi connectivity index (χ2v) is 15.1. The Kier molecular flexibility index (Phi) is 8.66. The lowest BCUT2D eigenvalue weighted by molar-refractivity contribution is 0.703. The van der Waals surface area contributed by atoms with Crippen LogP contribution >= 0.6 is 11.8 Å². The molecule has 0 saturated heterocycles. The number of hydrogen-bond acceptors (Lipinski definition) is 4. The molecule has 0 fully saturated rings. The normalized spacial score (nSPS) is 12.7. The number of aromatic nitrogens is 3. The highest BCUT2D eigenvalue weighted by atomic mass is 32.2. The van der Waals surface area contributed by atoms with E-state index in [9.17, 15) is 0 Å². The molecule has 0 saturated carbocycles. The van der Waals surface area contributed by atoms with E-state index >= 15 is 0 Å². The third kappa shape index (κ3) is 6.01. The average molecular weight is 734 g/mol. The minimum Gasteiger partial charge on any atom is -0.208 e. The van der Waals surface area contributed by atoms with Gasteiger partial charge in [0, 0.05) is 26.5 Å². The van der Waals surface area contributed by atoms with Crippen molar-refractivity contribution in [3.8, 4) is 56.4 Å². The molecule has 0 spiro atoms. The molecule has 1 aliphatic rings. The number of hydrogen-bond donors (Lipinski definition) is 0. The molecule has 0 aliphatic carbocycles. The molecule has 1 aliphatic heterocycles. The lowest BCUT2D eigenvalue weighted by Crippen LogP contribution is -2.34. The van der Waals surface area contributed by atoms with Gasteiger partial charge in [-0.2, -0.15) is 0 Å². The Morgan fingerprint density at radius 2 is 0.696 bits per heavy atom. The quantitative estimate of drug-likeness (QED) is 0.163. The molecule has 0 atom stereocenters. The summed E-state index contributed by atoms with van der Waals surface area (Å²) >= 11 is 1.85. The van der Waals surface area contributed by atoms with E-state index in [2.05, 4.69) is 176 Å². The Bertz CT molecular complexity index is 2770. The highest BCUT2D eigenvalue weighted by Gasteiger charge is 2.44. The van der Waals surface area contributed by atoms with Gasteiger partial charge in [-0.05, 0) is 68.8 Å². The topological polar surface area (TPSA) is 38.7 Å². The summed E-state index contributed by atoms with van der Waals surface area (Å²) in [5.41, 5.74) is 11.9. The molecule has 2 heterocycles. The SMILES string of the molecule is c1ccc(-c2ccc(-c3nc(-c4ccccc4)nc(-c4cccc(-c5ccc6c(c5)C(c5ccccc5)(c5ccccc5)c5ccccc5S6)c4)n3)cc2)cc1. The van der Waals surface area contributed by atoms with Crippen LogP contribution in [-0.2, 0) is 5.41 Å². The smallest absolute Gasteiger partial charge is 0.164 e. The number of benzene rings is 8. The van der Waals surface area contributed by atoms with Gasteiger partial charge in [-0.1, -0.05) is 200 Å². The van der Waals surface area contributed by atoms with Gasteiger partial charge < -0.3 is 0 Å². The molecule has 3 nitrogen and oxygen atoms in total. The van der Waals surface area contributed by atoms with E-state index in [0.29, 0.717) is 17.5 Å². The zero-order valence-corrected chi connectivity index (χ0v) is 31.3. The summed E-state index contributed by atoms with van der Waals surface area (Å²) in [6, 6.07) is 75.4. The maximum absolute atomic E-state index is 5.11. The largest absolute Gasteiger partial charge is 0.208 e. The van der Waals surface area contributed by atoms with Gasteiger partial charge in [0.15, 0.2) is 17.5 Å². The summed E-state index contributed by atoms with van der Waals surface area (Å²) in [6.07, 6.45) is 0. The molecule has 0 radical (unpaired) electrons. The van der Waals surface area contributed by atoms with E-state index in [1.165, 1.54) is 37.6 Å². The van der Waals surface area contributed by atoms with Crippen LogP contribution in [0.2, 0.25) is 0 Å². The molecule has 8 aromatic carbocycles. The minimum atomic E-state index is -0.503. The first-order valence-electron chi connectivity index (χ1n) is 18.9. The molecule has 9 aromatic rings. The van der Waals surface area contributed by atoms with Crippen LogP contribution in [0, 0.1) is 0 Å². The van der Waals surface area contributed by atoms with Gasteiger partial charge in [-0.15, -0.1) is 0 Å². The Balaban J connectivity index is 1.11. The maximum atomic E-state index is 5.11. The highest BCUT2D eigenvalue weighted by molar-refractivity contribution is 7.99. The minimum absolute atomic E-state index is 0.503. The summed E-state index contributed by atoms with van der Waals surface area (Å²) in [7, 11) is 0. The molecular formula is C52H35N3S. The third-order valence-corrected chi connectivity index (χ3v) is 11.8. The van der Waals surface area contributed by atoms with E-state index in [0.717, 1.165) is 33.4 Å². The molecule has 264 valence electrons. The van der Waals surface area contributed by atoms with Crippen LogP contribution in [0.1, 0.15) is 22.3 Å². The fraction of sp³-hybridized carbons (Fsp3) is 0.0192. The second-order valence-electron chi connectivity index (χ2n) is 14.0. The fourth-order valence-corrected chi connectivity index (χ4v) is 9.19. The van der Waals surface area contributed by atoms with Gasteiger partial charge in [-0.25, -0.2) is 15.0 Å². The Morgan fingerprint density at radius 3 is 1.34 bits per heavy atom. The molecule has 1 aromatic heterocycles. The first-order valence-corrected chi connectivity index (χ1v) is 19.7. The van der Waals surface area contributed by atoms with Crippen molar-refractivity contribution >= 4 is 11.8 Å². The Labute approximate surface area is 331 Å². The van der Waals surface area contributed by atoms with E-state index in [-0.39, 0.29) is 0 Å². The lowest BCUT2D eigenvalue weighted by atomic mass is 9.64. The molecule has 0 bridgehead atoms. The van der Waals surface area contributed by atoms with Crippen LogP contribution in [0.3, 0.4) is 0 Å². The van der Waals surface area contributed by atoms with Gasteiger partial charge >= 0.3 is 0 Å². The summed E-state index contributed by atoms with van der Waals surface area (Å²) in [4.78, 5) is 17.7. The third-order valence-electron chi connectivity index (χ3n) is 10.7. The van der Waals surface area contributed by atoms with Gasteiger partial charge in [0.1, 0.15) is 0 Å². The van der Waals surface area contributed by atoms with Crippen molar-refractivity contribution in [3.05, 3.63) is 235 Å². The van der Waals surface area contributed by atoms with Crippen molar-refractivity contribution in [1.82, 2.24) is 15.0 Å². The van der Waals surface area contributed by atoms with Crippen LogP contribution in [0.5, 0.6) is 0 Å². The van der Waals surface area contributed by atoms with Crippen molar-refractivity contribution in [1.29, 1.82) is 0 Å². The van der Waals surface area contributed by atoms with Crippen molar-refractivity contribution in [2.75, 3.05) is 0 Å². The summed E-state index contributed by atoms with van der Waals surface area (Å²) in [6.45, 7) is 0. The summed E-state index contributed by atoms with van der Waals surface area (Å²) in [5, 5.41) is 0. The molecule has 0 N–H and O–H groups in total. The molecular weight excluding hydrogens is 699 g/mol. The number of rotatable bonds is 7. The van der Waals surface area contributed by atoms with Gasteiger partial charge in [0.25, 0.3) is 0 Å². The summed E-state index contributed by atoms with van der Waals surface area (Å²) < 4.78 is 0. The fourth-order valence-electron chi connectivity index (χ4n) is 8.02. The Morgan fingerprint density at radius 1 is 0.286 bits per heavy atom. The first kappa shape index (κ1) is 33.7. The van der Waals surface area contributed by atoms with E-state index < -0.39 is 5.41 Å². The average Bonchev–Trinajstić information content (AvgIpc) is 3.29. The Hall–Kier alpha value is -6.88. The zero-order chi connectivity index (χ0) is 37.3. The van der Waals surface area contributed by atoms with Crippen LogP contribution in [0.15, 0.2) is 222 Å². The van der Waals surface area contributed by atoms with Crippen molar-refractivity contribution in [3.63, 3.8) is 0 Å². The highest BCUT2D eigenvalue weighted by Crippen LogP contribution is 2.56. The maximum Gasteiger partial charge on any atom is 0.164 e. The predicted octanol–water partition coefficient (Wildman–Crippen LogP) is 13.1. The lowest BCUT2D eigenvalue weighted by Gasteiger charge is -2.42. The van der Waals surface area contributed by atoms with Gasteiger partial charge in [0.05, 0.1) is 5.41 Å². The standard InChI is InChI=1S/C52H35N3S/c1-5-16-36(17-6-1)37-28-30-39(31-29-37)50-53-49(38-18-7-2-8-19-38)54-51(55-50)42-21-15-20-40(34-42)41-32-33-48-46(35-41)52(43-22-9-3-10-23-43,44-24-11-4-12-25-44)45-26-13-14-27-47(45)56-48/h1-35H. The second kappa shape index (κ2) is 14.4. The van der Waals surface area contributed by atoms with E-state index in [1.807, 2.05) is 48.2 Å². The number of nitrogens with zero attached hydrogens (tertiary/aromatic N) is 3. The monoisotopic (exact) mass is 733 g/mol. The zero-order valence-electron chi connectivity index (χ0n) is 30.5. The number of fused-ring (bicyclic) bond motifs is 2. The van der Waals surface area contributed by atoms with Crippen molar-refractivity contribution in [2.45, 2.75) is 15.2 Å².